The zero-order chi connectivity index (χ0) is 13.7. The van der Waals surface area contributed by atoms with Crippen molar-refractivity contribution in [3.63, 3.8) is 0 Å². The Balaban J connectivity index is 2.11. The monoisotopic (exact) mass is 262 g/mol. The lowest BCUT2D eigenvalue weighted by molar-refractivity contribution is -0.141. The molecule has 0 fully saturated rings. The molecule has 1 aromatic carbocycles. The minimum absolute atomic E-state index is 0.187. The third-order valence-corrected chi connectivity index (χ3v) is 3.62. The van der Waals surface area contributed by atoms with Gasteiger partial charge >= 0.3 is 5.97 Å². The first-order valence-electron chi connectivity index (χ1n) is 6.63. The van der Waals surface area contributed by atoms with Crippen LogP contribution >= 0.6 is 0 Å². The molecule has 1 aliphatic rings. The van der Waals surface area contributed by atoms with Crippen LogP contribution in [0.15, 0.2) is 18.2 Å². The summed E-state index contributed by atoms with van der Waals surface area (Å²) in [7, 11) is 0. The highest BCUT2D eigenvalue weighted by Gasteiger charge is 2.21. The minimum atomic E-state index is -0.851. The highest BCUT2D eigenvalue weighted by atomic mass is 16.5. The fraction of sp³-hybridized carbons (Fsp3) is 0.467. The molecular weight excluding hydrogens is 244 g/mol. The molecule has 19 heavy (non-hydrogen) atoms. The number of fused-ring (bicyclic) bond motifs is 1. The van der Waals surface area contributed by atoms with E-state index in [2.05, 4.69) is 0 Å². The molecule has 4 nitrogen and oxygen atoms in total. The molecule has 1 aliphatic carbocycles. The maximum absolute atomic E-state index is 11.1. The molecule has 0 saturated carbocycles. The molecule has 102 valence electrons. The van der Waals surface area contributed by atoms with Crippen LogP contribution in [0.5, 0.6) is 5.75 Å². The number of hydrogen-bond acceptors (Lipinski definition) is 4. The molecule has 0 heterocycles. The first-order chi connectivity index (χ1) is 9.24. The van der Waals surface area contributed by atoms with Gasteiger partial charge in [0.05, 0.1) is 0 Å². The molecule has 2 rings (SSSR count). The van der Waals surface area contributed by atoms with Gasteiger partial charge in [-0.2, -0.15) is 0 Å². The van der Waals surface area contributed by atoms with E-state index in [-0.39, 0.29) is 12.9 Å². The van der Waals surface area contributed by atoms with Crippen molar-refractivity contribution in [2.24, 2.45) is 5.92 Å². The van der Waals surface area contributed by atoms with Crippen molar-refractivity contribution < 1.29 is 19.4 Å². The highest BCUT2D eigenvalue weighted by Crippen LogP contribution is 2.33. The molecule has 0 radical (unpaired) electrons. The number of ether oxygens (including phenoxy) is 1. The van der Waals surface area contributed by atoms with E-state index in [1.165, 1.54) is 5.56 Å². The van der Waals surface area contributed by atoms with E-state index in [1.54, 1.807) is 6.07 Å². The van der Waals surface area contributed by atoms with Gasteiger partial charge in [0.1, 0.15) is 5.75 Å². The van der Waals surface area contributed by atoms with Gasteiger partial charge in [0.2, 0.25) is 6.29 Å². The molecule has 1 atom stereocenters. The maximum Gasteiger partial charge on any atom is 0.376 e. The number of carbonyl (C=O) groups excluding carboxylic acids is 2. The second-order valence-electron chi connectivity index (χ2n) is 4.91. The third-order valence-electron chi connectivity index (χ3n) is 3.62. The summed E-state index contributed by atoms with van der Waals surface area (Å²) in [5.74, 6) is 0.239. The smallest absolute Gasteiger partial charge is 0.376 e. The summed E-state index contributed by atoms with van der Waals surface area (Å²) in [4.78, 5) is 21.4. The summed E-state index contributed by atoms with van der Waals surface area (Å²) in [6.45, 7) is 0.236. The van der Waals surface area contributed by atoms with Gasteiger partial charge in [-0.3, -0.25) is 4.79 Å². The Hall–Kier alpha value is -1.68. The number of benzene rings is 1. The van der Waals surface area contributed by atoms with E-state index in [0.29, 0.717) is 11.7 Å². The lowest BCUT2D eigenvalue weighted by Crippen LogP contribution is -2.17. The third kappa shape index (κ3) is 3.41. The van der Waals surface area contributed by atoms with E-state index in [9.17, 15) is 9.59 Å². The van der Waals surface area contributed by atoms with Crippen molar-refractivity contribution in [2.75, 3.05) is 6.61 Å². The first kappa shape index (κ1) is 13.7. The van der Waals surface area contributed by atoms with Crippen LogP contribution in [-0.4, -0.2) is 24.0 Å². The molecule has 0 aliphatic heterocycles. The second kappa shape index (κ2) is 6.48. The number of rotatable bonds is 5. The van der Waals surface area contributed by atoms with Crippen LogP contribution in [0.4, 0.5) is 0 Å². The summed E-state index contributed by atoms with van der Waals surface area (Å²) >= 11 is 0. The van der Waals surface area contributed by atoms with Crippen LogP contribution in [0, 0.1) is 5.92 Å². The van der Waals surface area contributed by atoms with Gasteiger partial charge < -0.3 is 9.84 Å². The van der Waals surface area contributed by atoms with Crippen molar-refractivity contribution in [1.29, 1.82) is 0 Å². The van der Waals surface area contributed by atoms with Crippen molar-refractivity contribution in [3.8, 4) is 5.75 Å². The summed E-state index contributed by atoms with van der Waals surface area (Å²) < 4.78 is 5.03. The molecule has 0 bridgehead atoms. The average Bonchev–Trinajstić information content (AvgIpc) is 2.45. The first-order valence-corrected chi connectivity index (χ1v) is 6.63. The van der Waals surface area contributed by atoms with Crippen molar-refractivity contribution in [3.05, 3.63) is 29.3 Å². The van der Waals surface area contributed by atoms with E-state index in [0.717, 1.165) is 37.7 Å². The van der Waals surface area contributed by atoms with Gasteiger partial charge in [0.15, 0.2) is 0 Å². The van der Waals surface area contributed by atoms with Gasteiger partial charge in [-0.15, -0.1) is 0 Å². The Kier molecular flexibility index (Phi) is 4.68. The predicted octanol–water partition coefficient (Wildman–Crippen LogP) is 1.67. The van der Waals surface area contributed by atoms with Crippen LogP contribution in [0.25, 0.3) is 0 Å². The average molecular weight is 262 g/mol. The van der Waals surface area contributed by atoms with Crippen LogP contribution in [0.1, 0.15) is 30.4 Å². The molecule has 1 aromatic rings. The normalized spacial score (nSPS) is 17.6. The van der Waals surface area contributed by atoms with Crippen molar-refractivity contribution in [1.82, 2.24) is 0 Å². The largest absolute Gasteiger partial charge is 0.421 e. The summed E-state index contributed by atoms with van der Waals surface area (Å²) in [5.41, 5.74) is 2.23. The molecule has 0 aromatic heterocycles. The topological polar surface area (TPSA) is 63.6 Å². The van der Waals surface area contributed by atoms with Crippen molar-refractivity contribution in [2.45, 2.75) is 32.1 Å². The van der Waals surface area contributed by atoms with Gasteiger partial charge in [-0.1, -0.05) is 12.1 Å². The number of aliphatic hydroxyl groups is 1. The zero-order valence-electron chi connectivity index (χ0n) is 10.8. The van der Waals surface area contributed by atoms with Crippen LogP contribution in [0.2, 0.25) is 0 Å². The fourth-order valence-corrected chi connectivity index (χ4v) is 2.70. The lowest BCUT2D eigenvalue weighted by Gasteiger charge is -2.25. The van der Waals surface area contributed by atoms with Crippen LogP contribution in [-0.2, 0) is 22.4 Å². The van der Waals surface area contributed by atoms with Crippen LogP contribution in [0.3, 0.4) is 0 Å². The Morgan fingerprint density at radius 2 is 2.32 bits per heavy atom. The Labute approximate surface area is 112 Å². The molecule has 1 unspecified atom stereocenters. The predicted molar refractivity (Wildman–Crippen MR) is 70.0 cm³/mol. The van der Waals surface area contributed by atoms with Gasteiger partial charge in [-0.25, -0.2) is 4.79 Å². The van der Waals surface area contributed by atoms with E-state index in [1.807, 2.05) is 12.1 Å². The summed E-state index contributed by atoms with van der Waals surface area (Å²) in [5, 5.41) is 8.87. The fourth-order valence-electron chi connectivity index (χ4n) is 2.70. The lowest BCUT2D eigenvalue weighted by atomic mass is 9.81. The van der Waals surface area contributed by atoms with E-state index in [4.69, 9.17) is 9.84 Å². The van der Waals surface area contributed by atoms with Gasteiger partial charge in [-0.05, 0) is 55.2 Å². The molecule has 0 saturated heterocycles. The van der Waals surface area contributed by atoms with E-state index < -0.39 is 5.97 Å². The minimum Gasteiger partial charge on any atom is -0.421 e. The van der Waals surface area contributed by atoms with Gasteiger partial charge in [0, 0.05) is 6.61 Å². The molecule has 0 spiro atoms. The van der Waals surface area contributed by atoms with Crippen LogP contribution < -0.4 is 4.74 Å². The van der Waals surface area contributed by atoms with Gasteiger partial charge in [0.25, 0.3) is 0 Å². The number of aliphatic hydroxyl groups excluding tert-OH is 1. The molecular formula is C15H18O4. The SMILES string of the molecule is O=CC(=O)Oc1cccc2c1CCC(CCCO)C2. The quantitative estimate of drug-likeness (QED) is 0.379. The van der Waals surface area contributed by atoms with E-state index >= 15 is 0 Å². The second-order valence-corrected chi connectivity index (χ2v) is 4.91. The Morgan fingerprint density at radius 1 is 1.47 bits per heavy atom. The summed E-state index contributed by atoms with van der Waals surface area (Å²) in [6.07, 6.45) is 4.87. The zero-order valence-corrected chi connectivity index (χ0v) is 10.8. The highest BCUT2D eigenvalue weighted by molar-refractivity contribution is 6.21. The molecule has 1 N–H and O–H groups in total. The number of carbonyl (C=O) groups is 2. The number of aldehydes is 1. The molecule has 4 heteroatoms. The maximum atomic E-state index is 11.1. The number of hydrogen-bond donors (Lipinski definition) is 1. The molecule has 0 amide bonds. The standard InChI is InChI=1S/C15H18O4/c16-8-2-3-11-6-7-13-12(9-11)4-1-5-14(13)19-15(18)10-17/h1,4-5,10-11,16H,2-3,6-9H2. The summed E-state index contributed by atoms with van der Waals surface area (Å²) in [6, 6.07) is 5.62. The Morgan fingerprint density at radius 3 is 3.05 bits per heavy atom. The number of esters is 1. The Bertz CT molecular complexity index is 467. The van der Waals surface area contributed by atoms with Crippen molar-refractivity contribution >= 4 is 12.3 Å².